The zero-order chi connectivity index (χ0) is 12.5. The molecule has 0 amide bonds. The van der Waals surface area contributed by atoms with Gasteiger partial charge in [-0.05, 0) is 37.0 Å². The van der Waals surface area contributed by atoms with Gasteiger partial charge in [0.25, 0.3) is 5.56 Å². The van der Waals surface area contributed by atoms with E-state index in [1.54, 1.807) is 22.8 Å². The van der Waals surface area contributed by atoms with Crippen LogP contribution in [0.1, 0.15) is 34.0 Å². The van der Waals surface area contributed by atoms with Crippen molar-refractivity contribution in [2.45, 2.75) is 25.8 Å². The van der Waals surface area contributed by atoms with Gasteiger partial charge in [-0.3, -0.25) is 9.59 Å². The highest BCUT2D eigenvalue weighted by atomic mass is 16.3. The summed E-state index contributed by atoms with van der Waals surface area (Å²) in [6.45, 7) is 0.399. The Morgan fingerprint density at radius 2 is 2.11 bits per heavy atom. The van der Waals surface area contributed by atoms with Crippen molar-refractivity contribution in [3.63, 3.8) is 0 Å². The van der Waals surface area contributed by atoms with Crippen LogP contribution in [0.25, 0.3) is 0 Å². The van der Waals surface area contributed by atoms with Gasteiger partial charge in [-0.25, -0.2) is 0 Å². The average Bonchev–Trinajstić information content (AvgIpc) is 3.01. The topological polar surface area (TPSA) is 52.2 Å². The van der Waals surface area contributed by atoms with Crippen LogP contribution in [-0.2, 0) is 19.4 Å². The number of pyridine rings is 1. The number of carbonyl (C=O) groups excluding carboxylic acids is 1. The zero-order valence-corrected chi connectivity index (χ0v) is 9.89. The number of aryl methyl sites for hydroxylation is 1. The van der Waals surface area contributed by atoms with E-state index in [1.165, 1.54) is 5.56 Å². The van der Waals surface area contributed by atoms with Crippen LogP contribution >= 0.6 is 0 Å². The van der Waals surface area contributed by atoms with Crippen LogP contribution < -0.4 is 5.56 Å². The summed E-state index contributed by atoms with van der Waals surface area (Å²) in [7, 11) is 0. The van der Waals surface area contributed by atoms with Gasteiger partial charge >= 0.3 is 0 Å². The number of hydrogen-bond donors (Lipinski definition) is 0. The highest BCUT2D eigenvalue weighted by Gasteiger charge is 2.16. The van der Waals surface area contributed by atoms with Crippen molar-refractivity contribution in [3.8, 4) is 0 Å². The SMILES string of the molecule is O=Cc1ccc(Cn2c3c(ccc2=O)CCC3)o1. The van der Waals surface area contributed by atoms with Gasteiger partial charge in [-0.15, -0.1) is 0 Å². The zero-order valence-electron chi connectivity index (χ0n) is 9.89. The monoisotopic (exact) mass is 243 g/mol. The molecule has 0 spiro atoms. The van der Waals surface area contributed by atoms with E-state index in [-0.39, 0.29) is 5.56 Å². The molecule has 0 unspecified atom stereocenters. The van der Waals surface area contributed by atoms with Crippen molar-refractivity contribution in [1.29, 1.82) is 0 Å². The predicted molar refractivity (Wildman–Crippen MR) is 65.9 cm³/mol. The Hall–Kier alpha value is -2.10. The molecule has 0 fully saturated rings. The number of aromatic nitrogens is 1. The third kappa shape index (κ3) is 1.79. The van der Waals surface area contributed by atoms with Crippen molar-refractivity contribution in [3.05, 3.63) is 57.4 Å². The van der Waals surface area contributed by atoms with E-state index >= 15 is 0 Å². The molecule has 4 heteroatoms. The minimum atomic E-state index is -0.0142. The van der Waals surface area contributed by atoms with Crippen LogP contribution in [0, 0.1) is 0 Å². The number of rotatable bonds is 3. The lowest BCUT2D eigenvalue weighted by molar-refractivity contribution is 0.109. The highest BCUT2D eigenvalue weighted by Crippen LogP contribution is 2.20. The molecule has 4 nitrogen and oxygen atoms in total. The van der Waals surface area contributed by atoms with Gasteiger partial charge in [0.2, 0.25) is 0 Å². The van der Waals surface area contributed by atoms with Crippen LogP contribution in [0.15, 0.2) is 33.5 Å². The lowest BCUT2D eigenvalue weighted by Gasteiger charge is -2.10. The van der Waals surface area contributed by atoms with Crippen molar-refractivity contribution in [2.24, 2.45) is 0 Å². The van der Waals surface area contributed by atoms with Crippen molar-refractivity contribution in [2.75, 3.05) is 0 Å². The second-order valence-electron chi connectivity index (χ2n) is 4.51. The Labute approximate surface area is 104 Å². The number of aldehydes is 1. The van der Waals surface area contributed by atoms with Gasteiger partial charge in [0.15, 0.2) is 12.0 Å². The first kappa shape index (κ1) is 11.0. The molecule has 0 saturated carbocycles. The first-order chi connectivity index (χ1) is 8.78. The van der Waals surface area contributed by atoms with Gasteiger partial charge in [-0.2, -0.15) is 0 Å². The normalized spacial score (nSPS) is 13.6. The quantitative estimate of drug-likeness (QED) is 0.772. The van der Waals surface area contributed by atoms with Crippen molar-refractivity contribution < 1.29 is 9.21 Å². The van der Waals surface area contributed by atoms with Gasteiger partial charge in [0.05, 0.1) is 6.54 Å². The number of fused-ring (bicyclic) bond motifs is 1. The standard InChI is InChI=1S/C14H13NO3/c16-9-12-6-5-11(18-12)8-15-13-3-1-2-10(13)4-7-14(15)17/h4-7,9H,1-3,8H2. The van der Waals surface area contributed by atoms with E-state index in [9.17, 15) is 9.59 Å². The molecule has 0 atom stereocenters. The van der Waals surface area contributed by atoms with Gasteiger partial charge < -0.3 is 8.98 Å². The second kappa shape index (κ2) is 4.29. The fourth-order valence-electron chi connectivity index (χ4n) is 2.51. The minimum absolute atomic E-state index is 0.0142. The molecule has 92 valence electrons. The molecule has 0 bridgehead atoms. The van der Waals surface area contributed by atoms with Crippen LogP contribution in [0.5, 0.6) is 0 Å². The number of nitrogens with zero attached hydrogens (tertiary/aromatic N) is 1. The van der Waals surface area contributed by atoms with Gasteiger partial charge in [0.1, 0.15) is 5.76 Å². The van der Waals surface area contributed by atoms with Gasteiger partial charge in [0, 0.05) is 11.8 Å². The first-order valence-electron chi connectivity index (χ1n) is 6.03. The van der Waals surface area contributed by atoms with Crippen LogP contribution in [0.2, 0.25) is 0 Å². The molecule has 18 heavy (non-hydrogen) atoms. The van der Waals surface area contributed by atoms with E-state index in [4.69, 9.17) is 4.42 Å². The lowest BCUT2D eigenvalue weighted by Crippen LogP contribution is -2.23. The van der Waals surface area contributed by atoms with Crippen LogP contribution in [-0.4, -0.2) is 10.9 Å². The van der Waals surface area contributed by atoms with E-state index in [0.29, 0.717) is 24.4 Å². The summed E-state index contributed by atoms with van der Waals surface area (Å²) in [4.78, 5) is 22.5. The van der Waals surface area contributed by atoms with E-state index in [0.717, 1.165) is 25.0 Å². The molecule has 0 saturated heterocycles. The number of furan rings is 1. The third-order valence-corrected chi connectivity index (χ3v) is 3.36. The molecule has 0 N–H and O–H groups in total. The summed E-state index contributed by atoms with van der Waals surface area (Å²) in [6, 6.07) is 6.88. The smallest absolute Gasteiger partial charge is 0.251 e. The van der Waals surface area contributed by atoms with Crippen LogP contribution in [0.4, 0.5) is 0 Å². The Morgan fingerprint density at radius 3 is 2.89 bits per heavy atom. The maximum atomic E-state index is 11.9. The Morgan fingerprint density at radius 1 is 1.22 bits per heavy atom. The lowest BCUT2D eigenvalue weighted by atomic mass is 10.2. The van der Waals surface area contributed by atoms with E-state index in [2.05, 4.69) is 0 Å². The summed E-state index contributed by atoms with van der Waals surface area (Å²) < 4.78 is 7.07. The highest BCUT2D eigenvalue weighted by molar-refractivity contribution is 5.70. The maximum absolute atomic E-state index is 11.9. The predicted octanol–water partition coefficient (Wildman–Crippen LogP) is 1.79. The summed E-state index contributed by atoms with van der Waals surface area (Å²) >= 11 is 0. The Bertz CT molecular complexity index is 651. The Kier molecular flexibility index (Phi) is 2.63. The third-order valence-electron chi connectivity index (χ3n) is 3.36. The van der Waals surface area contributed by atoms with E-state index < -0.39 is 0 Å². The van der Waals surface area contributed by atoms with Crippen molar-refractivity contribution in [1.82, 2.24) is 4.57 Å². The molecule has 2 heterocycles. The molecule has 1 aliphatic carbocycles. The fourth-order valence-corrected chi connectivity index (χ4v) is 2.51. The molecular weight excluding hydrogens is 230 g/mol. The maximum Gasteiger partial charge on any atom is 0.251 e. The summed E-state index contributed by atoms with van der Waals surface area (Å²) in [5.41, 5.74) is 2.34. The van der Waals surface area contributed by atoms with Crippen LogP contribution in [0.3, 0.4) is 0 Å². The fraction of sp³-hybridized carbons (Fsp3) is 0.286. The van der Waals surface area contributed by atoms with E-state index in [1.807, 2.05) is 6.07 Å². The summed E-state index contributed by atoms with van der Waals surface area (Å²) in [5, 5.41) is 0. The first-order valence-corrected chi connectivity index (χ1v) is 6.03. The van der Waals surface area contributed by atoms with Crippen molar-refractivity contribution >= 4 is 6.29 Å². The van der Waals surface area contributed by atoms with Gasteiger partial charge in [-0.1, -0.05) is 6.07 Å². The molecular formula is C14H13NO3. The molecule has 0 radical (unpaired) electrons. The molecule has 2 aromatic heterocycles. The molecule has 0 aliphatic heterocycles. The molecule has 1 aliphatic rings. The number of hydrogen-bond acceptors (Lipinski definition) is 3. The second-order valence-corrected chi connectivity index (χ2v) is 4.51. The largest absolute Gasteiger partial charge is 0.456 e. The molecule has 0 aromatic carbocycles. The molecule has 2 aromatic rings. The number of carbonyl (C=O) groups is 1. The summed E-state index contributed by atoms with van der Waals surface area (Å²) in [5.74, 6) is 0.935. The summed E-state index contributed by atoms with van der Waals surface area (Å²) in [6.07, 6.45) is 3.73. The Balaban J connectivity index is 2.00. The minimum Gasteiger partial charge on any atom is -0.456 e. The average molecular weight is 243 g/mol. The molecule has 3 rings (SSSR count).